The van der Waals surface area contributed by atoms with E-state index in [1.165, 1.54) is 7.11 Å². The average molecular weight is 264 g/mol. The molecule has 0 aromatic heterocycles. The van der Waals surface area contributed by atoms with E-state index in [0.29, 0.717) is 5.56 Å². The van der Waals surface area contributed by atoms with Gasteiger partial charge < -0.3 is 4.74 Å². The first kappa shape index (κ1) is 14.7. The topological polar surface area (TPSA) is 75.7 Å². The van der Waals surface area contributed by atoms with Crippen LogP contribution in [-0.2, 0) is 14.3 Å². The Balaban J connectivity index is 2.74. The third-order valence-corrected chi connectivity index (χ3v) is 2.39. The lowest BCUT2D eigenvalue weighted by Gasteiger charge is -2.21. The standard InChI is InChI=1S/C13H16N2O4/c1-3-11(16)15(9-12(17)19-2)14-13(18)10-7-5-4-6-8-10/h4-8H,3,9H2,1-2H3,(H,14,18). The Morgan fingerprint density at radius 2 is 1.84 bits per heavy atom. The molecule has 0 aliphatic rings. The van der Waals surface area contributed by atoms with Gasteiger partial charge in [-0.2, -0.15) is 0 Å². The first-order chi connectivity index (χ1) is 9.08. The monoisotopic (exact) mass is 264 g/mol. The predicted octanol–water partition coefficient (Wildman–Crippen LogP) is 0.743. The van der Waals surface area contributed by atoms with E-state index in [1.54, 1.807) is 37.3 Å². The first-order valence-corrected chi connectivity index (χ1v) is 5.81. The van der Waals surface area contributed by atoms with Crippen LogP contribution in [0, 0.1) is 0 Å². The quantitative estimate of drug-likeness (QED) is 0.643. The van der Waals surface area contributed by atoms with Crippen LogP contribution in [0.2, 0.25) is 0 Å². The number of methoxy groups -OCH3 is 1. The van der Waals surface area contributed by atoms with Crippen molar-refractivity contribution >= 4 is 17.8 Å². The van der Waals surface area contributed by atoms with Crippen LogP contribution in [0.4, 0.5) is 0 Å². The van der Waals surface area contributed by atoms with Crippen molar-refractivity contribution in [3.63, 3.8) is 0 Å². The highest BCUT2D eigenvalue weighted by Crippen LogP contribution is 2.00. The van der Waals surface area contributed by atoms with Gasteiger partial charge in [-0.05, 0) is 12.1 Å². The SMILES string of the molecule is CCC(=O)N(CC(=O)OC)NC(=O)c1ccccc1. The summed E-state index contributed by atoms with van der Waals surface area (Å²) in [5, 5.41) is 0.959. The number of esters is 1. The molecule has 0 unspecified atom stereocenters. The third-order valence-electron chi connectivity index (χ3n) is 2.39. The van der Waals surface area contributed by atoms with Crippen LogP contribution in [-0.4, -0.2) is 36.4 Å². The number of hydrogen-bond acceptors (Lipinski definition) is 4. The van der Waals surface area contributed by atoms with Crippen LogP contribution in [0.5, 0.6) is 0 Å². The summed E-state index contributed by atoms with van der Waals surface area (Å²) < 4.78 is 4.48. The molecule has 0 saturated heterocycles. The van der Waals surface area contributed by atoms with E-state index in [-0.39, 0.29) is 18.9 Å². The van der Waals surface area contributed by atoms with Crippen LogP contribution >= 0.6 is 0 Å². The maximum atomic E-state index is 11.9. The Labute approximate surface area is 111 Å². The van der Waals surface area contributed by atoms with Gasteiger partial charge >= 0.3 is 5.97 Å². The lowest BCUT2D eigenvalue weighted by molar-refractivity contribution is -0.148. The number of benzene rings is 1. The van der Waals surface area contributed by atoms with Crippen molar-refractivity contribution in [2.75, 3.05) is 13.7 Å². The van der Waals surface area contributed by atoms with Gasteiger partial charge in [0.25, 0.3) is 5.91 Å². The lowest BCUT2D eigenvalue weighted by Crippen LogP contribution is -2.48. The van der Waals surface area contributed by atoms with E-state index in [9.17, 15) is 14.4 Å². The zero-order chi connectivity index (χ0) is 14.3. The molecule has 0 fully saturated rings. The number of carbonyl (C=O) groups is 3. The van der Waals surface area contributed by atoms with E-state index in [2.05, 4.69) is 10.2 Å². The second-order valence-electron chi connectivity index (χ2n) is 3.72. The molecule has 2 amide bonds. The number of hydrogen-bond donors (Lipinski definition) is 1. The fourth-order valence-electron chi connectivity index (χ4n) is 1.35. The smallest absolute Gasteiger partial charge is 0.327 e. The summed E-state index contributed by atoms with van der Waals surface area (Å²) in [4.78, 5) is 34.7. The number of hydrazine groups is 1. The maximum absolute atomic E-state index is 11.9. The molecule has 6 nitrogen and oxygen atoms in total. The number of nitrogens with zero attached hydrogens (tertiary/aromatic N) is 1. The molecular formula is C13H16N2O4. The van der Waals surface area contributed by atoms with Gasteiger partial charge in [0.1, 0.15) is 6.54 Å². The molecule has 0 spiro atoms. The molecule has 0 bridgehead atoms. The van der Waals surface area contributed by atoms with Crippen LogP contribution < -0.4 is 5.43 Å². The Bertz CT molecular complexity index is 459. The van der Waals surface area contributed by atoms with E-state index in [4.69, 9.17) is 0 Å². The van der Waals surface area contributed by atoms with Gasteiger partial charge in [-0.1, -0.05) is 25.1 Å². The molecule has 0 heterocycles. The second kappa shape index (κ2) is 7.15. The van der Waals surface area contributed by atoms with E-state index in [1.807, 2.05) is 0 Å². The zero-order valence-corrected chi connectivity index (χ0v) is 10.9. The van der Waals surface area contributed by atoms with Crippen LogP contribution in [0.15, 0.2) is 30.3 Å². The zero-order valence-electron chi connectivity index (χ0n) is 10.9. The molecule has 0 saturated carbocycles. The Kier molecular flexibility index (Phi) is 5.53. The fourth-order valence-corrected chi connectivity index (χ4v) is 1.35. The molecule has 6 heteroatoms. The Morgan fingerprint density at radius 3 is 2.37 bits per heavy atom. The molecular weight excluding hydrogens is 248 g/mol. The van der Waals surface area contributed by atoms with E-state index in [0.717, 1.165) is 5.01 Å². The van der Waals surface area contributed by atoms with Gasteiger partial charge in [0.05, 0.1) is 7.11 Å². The van der Waals surface area contributed by atoms with Gasteiger partial charge in [0.15, 0.2) is 0 Å². The van der Waals surface area contributed by atoms with E-state index < -0.39 is 11.9 Å². The van der Waals surface area contributed by atoms with Crippen LogP contribution in [0.3, 0.4) is 0 Å². The minimum absolute atomic E-state index is 0.173. The second-order valence-corrected chi connectivity index (χ2v) is 3.72. The summed E-state index contributed by atoms with van der Waals surface area (Å²) in [5.41, 5.74) is 2.80. The van der Waals surface area contributed by atoms with Crippen molar-refractivity contribution in [3.8, 4) is 0 Å². The van der Waals surface area contributed by atoms with Gasteiger partial charge in [-0.25, -0.2) is 5.01 Å². The van der Waals surface area contributed by atoms with Gasteiger partial charge in [0, 0.05) is 12.0 Å². The van der Waals surface area contributed by atoms with Crippen molar-refractivity contribution < 1.29 is 19.1 Å². The highest BCUT2D eigenvalue weighted by Gasteiger charge is 2.19. The molecule has 0 aliphatic carbocycles. The van der Waals surface area contributed by atoms with Crippen LogP contribution in [0.1, 0.15) is 23.7 Å². The molecule has 1 N–H and O–H groups in total. The van der Waals surface area contributed by atoms with Crippen molar-refractivity contribution in [3.05, 3.63) is 35.9 Å². The van der Waals surface area contributed by atoms with Crippen molar-refractivity contribution in [2.45, 2.75) is 13.3 Å². The first-order valence-electron chi connectivity index (χ1n) is 5.81. The number of rotatable bonds is 4. The normalized spacial score (nSPS) is 9.58. The summed E-state index contributed by atoms with van der Waals surface area (Å²) in [6, 6.07) is 8.42. The number of carbonyl (C=O) groups excluding carboxylic acids is 3. The summed E-state index contributed by atoms with van der Waals surface area (Å²) in [5.74, 6) is -1.42. The molecule has 1 aromatic rings. The van der Waals surface area contributed by atoms with Crippen molar-refractivity contribution in [1.82, 2.24) is 10.4 Å². The Hall–Kier alpha value is -2.37. The van der Waals surface area contributed by atoms with Crippen LogP contribution in [0.25, 0.3) is 0 Å². The molecule has 0 atom stereocenters. The van der Waals surface area contributed by atoms with Crippen molar-refractivity contribution in [2.24, 2.45) is 0 Å². The summed E-state index contributed by atoms with van der Waals surface area (Å²) in [6.45, 7) is 1.32. The predicted molar refractivity (Wildman–Crippen MR) is 67.9 cm³/mol. The van der Waals surface area contributed by atoms with Gasteiger partial charge in [0.2, 0.25) is 5.91 Å². The minimum Gasteiger partial charge on any atom is -0.468 e. The van der Waals surface area contributed by atoms with Crippen molar-refractivity contribution in [1.29, 1.82) is 0 Å². The molecule has 0 aliphatic heterocycles. The molecule has 19 heavy (non-hydrogen) atoms. The Morgan fingerprint density at radius 1 is 1.21 bits per heavy atom. The fraction of sp³-hybridized carbons (Fsp3) is 0.308. The molecule has 102 valence electrons. The highest BCUT2D eigenvalue weighted by atomic mass is 16.5. The largest absolute Gasteiger partial charge is 0.468 e. The summed E-state index contributed by atoms with van der Waals surface area (Å²) >= 11 is 0. The summed E-state index contributed by atoms with van der Waals surface area (Å²) in [7, 11) is 1.22. The molecule has 1 aromatic carbocycles. The van der Waals surface area contributed by atoms with Gasteiger partial charge in [-0.15, -0.1) is 0 Å². The average Bonchev–Trinajstić information content (AvgIpc) is 2.46. The highest BCUT2D eigenvalue weighted by molar-refractivity contribution is 5.95. The van der Waals surface area contributed by atoms with E-state index >= 15 is 0 Å². The summed E-state index contributed by atoms with van der Waals surface area (Å²) in [6.07, 6.45) is 0.173. The van der Waals surface area contributed by atoms with Gasteiger partial charge in [-0.3, -0.25) is 19.8 Å². The lowest BCUT2D eigenvalue weighted by atomic mass is 10.2. The minimum atomic E-state index is -0.602. The third kappa shape index (κ3) is 4.42. The molecule has 0 radical (unpaired) electrons. The molecule has 1 rings (SSSR count). The number of amides is 2. The maximum Gasteiger partial charge on any atom is 0.327 e. The number of ether oxygens (including phenoxy) is 1. The number of nitrogens with one attached hydrogen (secondary N) is 1.